The number of rotatable bonds is 8. The minimum Gasteiger partial charge on any atom is -0.348 e. The largest absolute Gasteiger partial charge is 0.348 e. The first-order valence-corrected chi connectivity index (χ1v) is 8.53. The maximum absolute atomic E-state index is 12.2. The first-order valence-electron chi connectivity index (χ1n) is 8.53. The predicted molar refractivity (Wildman–Crippen MR) is 106 cm³/mol. The summed E-state index contributed by atoms with van der Waals surface area (Å²) >= 11 is 0. The van der Waals surface area contributed by atoms with Crippen LogP contribution in [0.5, 0.6) is 0 Å². The topological polar surface area (TPSA) is 58.4 Å². The predicted octanol–water partition coefficient (Wildman–Crippen LogP) is 3.34. The minimum atomic E-state index is -0.0623. The van der Waals surface area contributed by atoms with Crippen molar-refractivity contribution in [1.29, 1.82) is 0 Å². The fourth-order valence-corrected chi connectivity index (χ4v) is 2.62. The van der Waals surface area contributed by atoms with Crippen molar-refractivity contribution in [3.63, 3.8) is 0 Å². The molecule has 1 amide bonds. The zero-order valence-electron chi connectivity index (χ0n) is 15.0. The lowest BCUT2D eigenvalue weighted by Gasteiger charge is -2.18. The molecule has 25 heavy (non-hydrogen) atoms. The summed E-state index contributed by atoms with van der Waals surface area (Å²) in [5, 5.41) is 2.98. The van der Waals surface area contributed by atoms with E-state index in [9.17, 15) is 4.79 Å². The molecule has 4 nitrogen and oxygen atoms in total. The van der Waals surface area contributed by atoms with Crippen LogP contribution >= 0.6 is 12.4 Å². The first-order chi connectivity index (χ1) is 11.7. The summed E-state index contributed by atoms with van der Waals surface area (Å²) < 4.78 is 0. The quantitative estimate of drug-likeness (QED) is 0.758. The highest BCUT2D eigenvalue weighted by Crippen LogP contribution is 2.09. The Labute approximate surface area is 156 Å². The van der Waals surface area contributed by atoms with E-state index < -0.39 is 0 Å². The third-order valence-electron chi connectivity index (χ3n) is 4.20. The van der Waals surface area contributed by atoms with E-state index in [1.807, 2.05) is 30.3 Å². The lowest BCUT2D eigenvalue weighted by molar-refractivity contribution is 0.0951. The normalized spacial score (nSPS) is 10.4. The van der Waals surface area contributed by atoms with Crippen molar-refractivity contribution in [2.45, 2.75) is 33.5 Å². The molecule has 2 rings (SSSR count). The summed E-state index contributed by atoms with van der Waals surface area (Å²) in [6.07, 6.45) is 0. The number of hydrogen-bond donors (Lipinski definition) is 2. The Balaban J connectivity index is 0.00000312. The SMILES string of the molecule is CCN(CC)Cc1cccc(CNC(=O)c2ccc(CN)cc2)c1.Cl. The van der Waals surface area contributed by atoms with Crippen molar-refractivity contribution in [3.05, 3.63) is 70.8 Å². The van der Waals surface area contributed by atoms with Gasteiger partial charge in [0.15, 0.2) is 0 Å². The smallest absolute Gasteiger partial charge is 0.251 e. The number of nitrogens with one attached hydrogen (secondary N) is 1. The minimum absolute atomic E-state index is 0. The summed E-state index contributed by atoms with van der Waals surface area (Å²) in [6.45, 7) is 8.37. The molecule has 0 spiro atoms. The molecule has 0 aliphatic heterocycles. The van der Waals surface area contributed by atoms with Crippen molar-refractivity contribution >= 4 is 18.3 Å². The average molecular weight is 362 g/mol. The van der Waals surface area contributed by atoms with Gasteiger partial charge in [0.25, 0.3) is 5.91 Å². The van der Waals surface area contributed by atoms with E-state index in [-0.39, 0.29) is 18.3 Å². The number of amides is 1. The zero-order valence-corrected chi connectivity index (χ0v) is 15.8. The van der Waals surface area contributed by atoms with Gasteiger partial charge in [-0.2, -0.15) is 0 Å². The lowest BCUT2D eigenvalue weighted by atomic mass is 10.1. The van der Waals surface area contributed by atoms with Crippen LogP contribution in [-0.2, 0) is 19.6 Å². The molecule has 0 bridgehead atoms. The highest BCUT2D eigenvalue weighted by Gasteiger charge is 2.06. The Hall–Kier alpha value is -1.88. The maximum atomic E-state index is 12.2. The number of halogens is 1. The van der Waals surface area contributed by atoms with Crippen molar-refractivity contribution in [2.75, 3.05) is 13.1 Å². The van der Waals surface area contributed by atoms with Gasteiger partial charge in [-0.1, -0.05) is 50.2 Å². The van der Waals surface area contributed by atoms with E-state index in [1.165, 1.54) is 5.56 Å². The molecule has 0 heterocycles. The second-order valence-corrected chi connectivity index (χ2v) is 5.87. The van der Waals surface area contributed by atoms with Gasteiger partial charge in [-0.3, -0.25) is 9.69 Å². The van der Waals surface area contributed by atoms with Gasteiger partial charge in [0.2, 0.25) is 0 Å². The van der Waals surface area contributed by atoms with Gasteiger partial charge < -0.3 is 11.1 Å². The third kappa shape index (κ3) is 6.50. The highest BCUT2D eigenvalue weighted by molar-refractivity contribution is 5.94. The molecule has 0 saturated carbocycles. The number of nitrogens with two attached hydrogens (primary N) is 1. The number of carbonyl (C=O) groups is 1. The second kappa shape index (κ2) is 10.9. The van der Waals surface area contributed by atoms with E-state index in [4.69, 9.17) is 5.73 Å². The third-order valence-corrected chi connectivity index (χ3v) is 4.20. The van der Waals surface area contributed by atoms with Gasteiger partial charge in [-0.25, -0.2) is 0 Å². The molecule has 136 valence electrons. The van der Waals surface area contributed by atoms with Gasteiger partial charge in [-0.15, -0.1) is 12.4 Å². The number of hydrogen-bond acceptors (Lipinski definition) is 3. The second-order valence-electron chi connectivity index (χ2n) is 5.87. The average Bonchev–Trinajstić information content (AvgIpc) is 2.64. The van der Waals surface area contributed by atoms with Crippen LogP contribution in [-0.4, -0.2) is 23.9 Å². The molecule has 2 aromatic rings. The van der Waals surface area contributed by atoms with Crippen LogP contribution in [0, 0.1) is 0 Å². The van der Waals surface area contributed by atoms with Crippen molar-refractivity contribution in [1.82, 2.24) is 10.2 Å². The molecule has 3 N–H and O–H groups in total. The summed E-state index contributed by atoms with van der Waals surface area (Å²) in [6, 6.07) is 15.8. The summed E-state index contributed by atoms with van der Waals surface area (Å²) in [5.74, 6) is -0.0623. The van der Waals surface area contributed by atoms with Crippen LogP contribution in [0.3, 0.4) is 0 Å². The van der Waals surface area contributed by atoms with E-state index in [2.05, 4.69) is 42.3 Å². The van der Waals surface area contributed by atoms with E-state index in [1.54, 1.807) is 0 Å². The number of nitrogens with zero attached hydrogens (tertiary/aromatic N) is 1. The Bertz CT molecular complexity index is 654. The van der Waals surface area contributed by atoms with E-state index in [0.717, 1.165) is 30.8 Å². The van der Waals surface area contributed by atoms with Crippen molar-refractivity contribution in [3.8, 4) is 0 Å². The van der Waals surface area contributed by atoms with Crippen LogP contribution in [0.2, 0.25) is 0 Å². The molecule has 5 heteroatoms. The lowest BCUT2D eigenvalue weighted by Crippen LogP contribution is -2.24. The Morgan fingerprint density at radius 1 is 1.00 bits per heavy atom. The van der Waals surface area contributed by atoms with Crippen LogP contribution in [0.25, 0.3) is 0 Å². The molecule has 0 radical (unpaired) electrons. The van der Waals surface area contributed by atoms with Crippen molar-refractivity contribution in [2.24, 2.45) is 5.73 Å². The Morgan fingerprint density at radius 2 is 1.64 bits per heavy atom. The van der Waals surface area contributed by atoms with Gasteiger partial charge in [0.05, 0.1) is 0 Å². The van der Waals surface area contributed by atoms with Gasteiger partial charge in [0, 0.05) is 25.2 Å². The molecule has 0 fully saturated rings. The summed E-state index contributed by atoms with van der Waals surface area (Å²) in [5.41, 5.74) is 9.65. The van der Waals surface area contributed by atoms with Crippen molar-refractivity contribution < 1.29 is 4.79 Å². The standard InChI is InChI=1S/C20H27N3O.ClH/c1-3-23(4-2)15-18-7-5-6-17(12-18)14-22-20(24)19-10-8-16(13-21)9-11-19;/h5-12H,3-4,13-15,21H2,1-2H3,(H,22,24);1H. The van der Waals surface area contributed by atoms with Crippen LogP contribution in [0.15, 0.2) is 48.5 Å². The highest BCUT2D eigenvalue weighted by atomic mass is 35.5. The molecule has 0 unspecified atom stereocenters. The molecule has 0 aromatic heterocycles. The number of benzene rings is 2. The molecule has 2 aromatic carbocycles. The summed E-state index contributed by atoms with van der Waals surface area (Å²) in [7, 11) is 0. The zero-order chi connectivity index (χ0) is 17.4. The van der Waals surface area contributed by atoms with Gasteiger partial charge in [0.1, 0.15) is 0 Å². The van der Waals surface area contributed by atoms with Crippen LogP contribution in [0.4, 0.5) is 0 Å². The monoisotopic (exact) mass is 361 g/mol. The molecule has 0 aliphatic carbocycles. The number of carbonyl (C=O) groups excluding carboxylic acids is 1. The van der Waals surface area contributed by atoms with E-state index >= 15 is 0 Å². The fourth-order valence-electron chi connectivity index (χ4n) is 2.62. The summed E-state index contributed by atoms with van der Waals surface area (Å²) in [4.78, 5) is 14.6. The Morgan fingerprint density at radius 3 is 2.24 bits per heavy atom. The first kappa shape index (κ1) is 21.2. The van der Waals surface area contributed by atoms with Gasteiger partial charge >= 0.3 is 0 Å². The van der Waals surface area contributed by atoms with Crippen LogP contribution < -0.4 is 11.1 Å². The van der Waals surface area contributed by atoms with Gasteiger partial charge in [-0.05, 0) is 41.9 Å². The van der Waals surface area contributed by atoms with Crippen LogP contribution in [0.1, 0.15) is 40.9 Å². The molecule has 0 saturated heterocycles. The fraction of sp³-hybridized carbons (Fsp3) is 0.350. The molecular formula is C20H28ClN3O. The maximum Gasteiger partial charge on any atom is 0.251 e. The molecule has 0 aliphatic rings. The molecular weight excluding hydrogens is 334 g/mol. The van der Waals surface area contributed by atoms with E-state index in [0.29, 0.717) is 18.7 Å². The Kier molecular flexibility index (Phi) is 9.21. The molecule has 0 atom stereocenters.